The Hall–Kier alpha value is -1.18. The Morgan fingerprint density at radius 2 is 2.08 bits per heavy atom. The van der Waals surface area contributed by atoms with Crippen LogP contribution in [0, 0.1) is 0 Å². The zero-order valence-electron chi connectivity index (χ0n) is 14.8. The van der Waals surface area contributed by atoms with Crippen LogP contribution in [0.15, 0.2) is 11.4 Å². The van der Waals surface area contributed by atoms with E-state index >= 15 is 0 Å². The molecule has 5 nitrogen and oxygen atoms in total. The molecule has 0 saturated carbocycles. The molecule has 134 valence electrons. The number of amides is 1. The first-order chi connectivity index (χ1) is 12.2. The number of aromatic nitrogens is 2. The molecule has 2 aromatic rings. The molecule has 0 spiro atoms. The number of thioether (sulfide) groups is 1. The van der Waals surface area contributed by atoms with Gasteiger partial charge in [0.05, 0.1) is 5.25 Å². The number of nitrogens with zero attached hydrogens (tertiary/aromatic N) is 4. The fraction of sp³-hybridized carbons (Fsp3) is 0.611. The first-order valence-corrected chi connectivity index (χ1v) is 10.8. The van der Waals surface area contributed by atoms with Gasteiger partial charge in [-0.05, 0) is 38.3 Å². The topological polar surface area (TPSA) is 49.3 Å². The molecular formula is C18H24N4OS2. The van der Waals surface area contributed by atoms with Gasteiger partial charge in [-0.3, -0.25) is 4.79 Å². The van der Waals surface area contributed by atoms with Gasteiger partial charge in [-0.25, -0.2) is 9.97 Å². The van der Waals surface area contributed by atoms with Crippen LogP contribution >= 0.6 is 23.1 Å². The third-order valence-corrected chi connectivity index (χ3v) is 7.52. The van der Waals surface area contributed by atoms with E-state index < -0.39 is 0 Å². The van der Waals surface area contributed by atoms with Crippen LogP contribution in [-0.2, 0) is 17.6 Å². The van der Waals surface area contributed by atoms with E-state index in [4.69, 9.17) is 0 Å². The minimum absolute atomic E-state index is 0.108. The van der Waals surface area contributed by atoms with Crippen LogP contribution in [-0.4, -0.2) is 63.6 Å². The summed E-state index contributed by atoms with van der Waals surface area (Å²) in [6.45, 7) is 8.89. The highest BCUT2D eigenvalue weighted by Crippen LogP contribution is 2.41. The normalized spacial score (nSPS) is 19.4. The molecule has 3 heterocycles. The van der Waals surface area contributed by atoms with Gasteiger partial charge in [-0.2, -0.15) is 0 Å². The Morgan fingerprint density at radius 3 is 2.84 bits per heavy atom. The molecule has 1 amide bonds. The van der Waals surface area contributed by atoms with Gasteiger partial charge in [-0.1, -0.05) is 18.7 Å². The van der Waals surface area contributed by atoms with E-state index in [1.807, 2.05) is 11.8 Å². The molecule has 1 aliphatic heterocycles. The van der Waals surface area contributed by atoms with Gasteiger partial charge >= 0.3 is 0 Å². The summed E-state index contributed by atoms with van der Waals surface area (Å²) in [5.41, 5.74) is 1.43. The van der Waals surface area contributed by atoms with Crippen molar-refractivity contribution in [2.75, 3.05) is 32.7 Å². The Kier molecular flexibility index (Phi) is 4.97. The maximum Gasteiger partial charge on any atom is 0.235 e. The summed E-state index contributed by atoms with van der Waals surface area (Å²) < 4.78 is 0. The number of rotatable bonds is 4. The van der Waals surface area contributed by atoms with Crippen LogP contribution in [0.3, 0.4) is 0 Å². The molecule has 2 aromatic heterocycles. The minimum Gasteiger partial charge on any atom is -0.339 e. The molecule has 0 aromatic carbocycles. The Bertz CT molecular complexity index is 783. The highest BCUT2D eigenvalue weighted by atomic mass is 32.2. The molecule has 0 unspecified atom stereocenters. The highest BCUT2D eigenvalue weighted by molar-refractivity contribution is 8.00. The molecule has 1 aliphatic carbocycles. The van der Waals surface area contributed by atoms with Crippen molar-refractivity contribution < 1.29 is 4.79 Å². The third-order valence-electron chi connectivity index (χ3n) is 5.23. The van der Waals surface area contributed by atoms with E-state index in [0.717, 1.165) is 55.4 Å². The number of hydrogen-bond donors (Lipinski definition) is 0. The van der Waals surface area contributed by atoms with E-state index in [-0.39, 0.29) is 11.2 Å². The minimum atomic E-state index is -0.108. The number of aryl methyl sites for hydroxylation is 2. The van der Waals surface area contributed by atoms with Gasteiger partial charge in [0.25, 0.3) is 0 Å². The lowest BCUT2D eigenvalue weighted by Gasteiger charge is -2.35. The number of thiophene rings is 1. The van der Waals surface area contributed by atoms with Crippen LogP contribution < -0.4 is 0 Å². The molecule has 25 heavy (non-hydrogen) atoms. The maximum atomic E-state index is 12.9. The van der Waals surface area contributed by atoms with Crippen molar-refractivity contribution in [1.82, 2.24) is 19.8 Å². The number of carbonyl (C=O) groups is 1. The molecule has 1 saturated heterocycles. The molecule has 0 bridgehead atoms. The lowest BCUT2D eigenvalue weighted by Crippen LogP contribution is -2.50. The predicted molar refractivity (Wildman–Crippen MR) is 103 cm³/mol. The van der Waals surface area contributed by atoms with Gasteiger partial charge < -0.3 is 9.80 Å². The van der Waals surface area contributed by atoms with E-state index in [1.54, 1.807) is 29.4 Å². The predicted octanol–water partition coefficient (Wildman–Crippen LogP) is 2.82. The van der Waals surface area contributed by atoms with Gasteiger partial charge in [0, 0.05) is 36.4 Å². The number of piperazine rings is 1. The molecule has 4 rings (SSSR count). The molecular weight excluding hydrogens is 352 g/mol. The highest BCUT2D eigenvalue weighted by Gasteiger charge is 2.27. The zero-order chi connectivity index (χ0) is 17.4. The largest absolute Gasteiger partial charge is 0.339 e. The monoisotopic (exact) mass is 376 g/mol. The van der Waals surface area contributed by atoms with E-state index in [2.05, 4.69) is 21.8 Å². The Morgan fingerprint density at radius 1 is 1.28 bits per heavy atom. The maximum absolute atomic E-state index is 12.9. The SMILES string of the molecule is CCN1CCN(C(=O)[C@@H](C)Sc2ncnc3sc4c(c23)CCC4)CC1. The number of fused-ring (bicyclic) bond motifs is 3. The fourth-order valence-corrected chi connectivity index (χ4v) is 6.07. The lowest BCUT2D eigenvalue weighted by molar-refractivity contribution is -0.132. The number of hydrogen-bond acceptors (Lipinski definition) is 6. The van der Waals surface area contributed by atoms with Crippen molar-refractivity contribution in [3.63, 3.8) is 0 Å². The van der Waals surface area contributed by atoms with E-state index in [9.17, 15) is 4.79 Å². The molecule has 0 radical (unpaired) electrons. The number of carbonyl (C=O) groups excluding carboxylic acids is 1. The average Bonchev–Trinajstić information content (AvgIpc) is 3.22. The van der Waals surface area contributed by atoms with Gasteiger partial charge in [-0.15, -0.1) is 11.3 Å². The number of likely N-dealkylation sites (N-methyl/N-ethyl adjacent to an activating group) is 1. The average molecular weight is 377 g/mol. The third kappa shape index (κ3) is 3.29. The summed E-state index contributed by atoms with van der Waals surface area (Å²) in [6, 6.07) is 0. The summed E-state index contributed by atoms with van der Waals surface area (Å²) in [5.74, 6) is 0.236. The fourth-order valence-electron chi connectivity index (χ4n) is 3.75. The van der Waals surface area contributed by atoms with Crippen molar-refractivity contribution >= 4 is 39.2 Å². The standard InChI is InChI=1S/C18H24N4OS2/c1-3-21-7-9-22(10-8-21)18(23)12(2)24-16-15-13-5-4-6-14(13)25-17(15)20-11-19-16/h11-12H,3-10H2,1-2H3/t12-/m1/s1. The summed E-state index contributed by atoms with van der Waals surface area (Å²) in [7, 11) is 0. The van der Waals surface area contributed by atoms with Gasteiger partial charge in [0.15, 0.2) is 0 Å². The summed E-state index contributed by atoms with van der Waals surface area (Å²) in [4.78, 5) is 28.8. The van der Waals surface area contributed by atoms with Gasteiger partial charge in [0.2, 0.25) is 5.91 Å². The second-order valence-electron chi connectivity index (χ2n) is 6.74. The summed E-state index contributed by atoms with van der Waals surface area (Å²) >= 11 is 3.40. The summed E-state index contributed by atoms with van der Waals surface area (Å²) in [6.07, 6.45) is 5.16. The molecule has 0 N–H and O–H groups in total. The second kappa shape index (κ2) is 7.21. The second-order valence-corrected chi connectivity index (χ2v) is 9.15. The Balaban J connectivity index is 1.50. The zero-order valence-corrected chi connectivity index (χ0v) is 16.5. The van der Waals surface area contributed by atoms with Crippen molar-refractivity contribution in [1.29, 1.82) is 0 Å². The molecule has 7 heteroatoms. The molecule has 1 atom stereocenters. The van der Waals surface area contributed by atoms with Crippen molar-refractivity contribution in [3.8, 4) is 0 Å². The molecule has 2 aliphatic rings. The molecule has 1 fully saturated rings. The smallest absolute Gasteiger partial charge is 0.235 e. The van der Waals surface area contributed by atoms with Crippen LogP contribution in [0.1, 0.15) is 30.7 Å². The van der Waals surface area contributed by atoms with Crippen molar-refractivity contribution in [2.24, 2.45) is 0 Å². The van der Waals surface area contributed by atoms with E-state index in [1.165, 1.54) is 22.2 Å². The van der Waals surface area contributed by atoms with Gasteiger partial charge in [0.1, 0.15) is 16.2 Å². The van der Waals surface area contributed by atoms with Crippen molar-refractivity contribution in [3.05, 3.63) is 16.8 Å². The Labute approximate surface area is 156 Å². The van der Waals surface area contributed by atoms with E-state index in [0.29, 0.717) is 0 Å². The van der Waals surface area contributed by atoms with Crippen LogP contribution in [0.4, 0.5) is 0 Å². The quantitative estimate of drug-likeness (QED) is 0.607. The first-order valence-electron chi connectivity index (χ1n) is 9.10. The van der Waals surface area contributed by atoms with Crippen LogP contribution in [0.2, 0.25) is 0 Å². The summed E-state index contributed by atoms with van der Waals surface area (Å²) in [5, 5.41) is 2.08. The first kappa shape index (κ1) is 17.2. The van der Waals surface area contributed by atoms with Crippen LogP contribution in [0.5, 0.6) is 0 Å². The van der Waals surface area contributed by atoms with Crippen molar-refractivity contribution in [2.45, 2.75) is 43.4 Å². The van der Waals surface area contributed by atoms with Crippen LogP contribution in [0.25, 0.3) is 10.2 Å². The lowest BCUT2D eigenvalue weighted by atomic mass is 10.2.